The number of aliphatic hydroxyl groups is 2. The number of ether oxygens (including phenoxy) is 4. The number of carbonyl (C=O) groups excluding carboxylic acids is 2. The Labute approximate surface area is 260 Å². The van der Waals surface area contributed by atoms with Crippen LogP contribution in [0.4, 0.5) is 0 Å². The highest BCUT2D eigenvalue weighted by atomic mass is 16.5. The van der Waals surface area contributed by atoms with Gasteiger partial charge in [0.25, 0.3) is 0 Å². The van der Waals surface area contributed by atoms with Crippen LogP contribution in [0.15, 0.2) is 36.5 Å². The number of rotatable bonds is 8. The summed E-state index contributed by atoms with van der Waals surface area (Å²) in [6, 6.07) is 9.53. The summed E-state index contributed by atoms with van der Waals surface area (Å²) in [5.41, 5.74) is 1.16. The second-order valence-electron chi connectivity index (χ2n) is 11.7. The molecular weight excluding hydrogens is 566 g/mol. The first-order chi connectivity index (χ1) is 21.3. The molecule has 2 aliphatic rings. The van der Waals surface area contributed by atoms with E-state index in [1.807, 2.05) is 24.3 Å². The van der Waals surface area contributed by atoms with Crippen LogP contribution in [0.1, 0.15) is 56.2 Å². The van der Waals surface area contributed by atoms with E-state index in [0.29, 0.717) is 56.0 Å². The summed E-state index contributed by atoms with van der Waals surface area (Å²) >= 11 is 0. The average molecular weight is 614 g/mol. The van der Waals surface area contributed by atoms with Crippen molar-refractivity contribution in [3.8, 4) is 17.2 Å². The maximum atomic E-state index is 13.5. The number of cyclic esters (lactones) is 1. The SMILES string of the molecule is COc1ccc(CCC(=O)N2CCCCC3(CCN(Cc4ccccn4)CC3)C(=O)OC[C@@H](O)[C@@H](O)CC2)c(OC)c1OC. The molecule has 0 bridgehead atoms. The van der Waals surface area contributed by atoms with Crippen LogP contribution in [0.3, 0.4) is 0 Å². The van der Waals surface area contributed by atoms with Crippen molar-refractivity contribution in [2.75, 3.05) is 54.1 Å². The monoisotopic (exact) mass is 613 g/mol. The number of hydrogen-bond acceptors (Lipinski definition) is 10. The minimum Gasteiger partial charge on any atom is -0.493 e. The molecule has 1 amide bonds. The number of esters is 1. The topological polar surface area (TPSA) is 131 Å². The van der Waals surface area contributed by atoms with Crippen LogP contribution in [0.5, 0.6) is 17.2 Å². The van der Waals surface area contributed by atoms with E-state index in [-0.39, 0.29) is 31.3 Å². The number of aliphatic hydroxyl groups excluding tert-OH is 2. The zero-order valence-corrected chi connectivity index (χ0v) is 26.2. The molecule has 0 aliphatic carbocycles. The minimum absolute atomic E-state index is 0.0525. The predicted octanol–water partition coefficient (Wildman–Crippen LogP) is 2.99. The lowest BCUT2D eigenvalue weighted by Gasteiger charge is -2.40. The van der Waals surface area contributed by atoms with Crippen molar-refractivity contribution >= 4 is 11.9 Å². The van der Waals surface area contributed by atoms with Gasteiger partial charge < -0.3 is 34.1 Å². The van der Waals surface area contributed by atoms with Gasteiger partial charge >= 0.3 is 5.97 Å². The standard InChI is InChI=1S/C33H47N3O8/c1-41-28-11-9-24(30(42-2)31(28)43-3)10-12-29(39)36-18-7-5-14-33(32(40)44-23-27(38)26(37)13-19-36)15-20-35(21-16-33)22-25-8-4-6-17-34-25/h4,6,8-9,11,17,26-27,37-38H,5,7,10,12-16,18-23H2,1-3H3/t26-,27+/m0/s1. The number of pyridine rings is 1. The third kappa shape index (κ3) is 8.40. The van der Waals surface area contributed by atoms with Crippen LogP contribution < -0.4 is 14.2 Å². The molecule has 11 heteroatoms. The van der Waals surface area contributed by atoms with Gasteiger partial charge in [0.1, 0.15) is 12.7 Å². The highest BCUT2D eigenvalue weighted by Gasteiger charge is 2.42. The second-order valence-corrected chi connectivity index (χ2v) is 11.7. The summed E-state index contributed by atoms with van der Waals surface area (Å²) in [7, 11) is 4.66. The number of amides is 1. The molecule has 242 valence electrons. The number of methoxy groups -OCH3 is 3. The first-order valence-corrected chi connectivity index (χ1v) is 15.5. The van der Waals surface area contributed by atoms with E-state index >= 15 is 0 Å². The quantitative estimate of drug-likeness (QED) is 0.429. The zero-order valence-electron chi connectivity index (χ0n) is 26.2. The van der Waals surface area contributed by atoms with E-state index in [1.54, 1.807) is 38.5 Å². The molecule has 11 nitrogen and oxygen atoms in total. The highest BCUT2D eigenvalue weighted by molar-refractivity contribution is 5.77. The van der Waals surface area contributed by atoms with Crippen molar-refractivity contribution in [2.45, 2.75) is 70.1 Å². The number of nitrogens with zero attached hydrogens (tertiary/aromatic N) is 3. The Hall–Kier alpha value is -3.41. The van der Waals surface area contributed by atoms with Gasteiger partial charge in [0.05, 0.1) is 38.5 Å². The van der Waals surface area contributed by atoms with E-state index in [2.05, 4.69) is 9.88 Å². The van der Waals surface area contributed by atoms with Gasteiger partial charge in [-0.25, -0.2) is 0 Å². The van der Waals surface area contributed by atoms with Crippen LogP contribution >= 0.6 is 0 Å². The number of piperidine rings is 1. The number of aryl methyl sites for hydroxylation is 1. The van der Waals surface area contributed by atoms with Crippen LogP contribution in [-0.2, 0) is 27.3 Å². The Morgan fingerprint density at radius 3 is 2.41 bits per heavy atom. The molecule has 3 heterocycles. The van der Waals surface area contributed by atoms with Gasteiger partial charge in [0.2, 0.25) is 11.7 Å². The van der Waals surface area contributed by atoms with E-state index in [0.717, 1.165) is 43.7 Å². The largest absolute Gasteiger partial charge is 0.493 e. The minimum atomic E-state index is -1.23. The van der Waals surface area contributed by atoms with Crippen molar-refractivity contribution in [3.63, 3.8) is 0 Å². The van der Waals surface area contributed by atoms with E-state index in [4.69, 9.17) is 18.9 Å². The summed E-state index contributed by atoms with van der Waals surface area (Å²) in [6.07, 6.45) is 3.70. The molecule has 4 rings (SSSR count). The van der Waals surface area contributed by atoms with Crippen molar-refractivity contribution in [2.24, 2.45) is 5.41 Å². The van der Waals surface area contributed by atoms with Gasteiger partial charge in [-0.15, -0.1) is 0 Å². The first kappa shape index (κ1) is 33.5. The third-order valence-electron chi connectivity index (χ3n) is 8.96. The molecule has 0 radical (unpaired) electrons. The molecule has 2 atom stereocenters. The van der Waals surface area contributed by atoms with Gasteiger partial charge in [-0.1, -0.05) is 18.6 Å². The predicted molar refractivity (Wildman–Crippen MR) is 164 cm³/mol. The van der Waals surface area contributed by atoms with E-state index in [1.165, 1.54) is 0 Å². The van der Waals surface area contributed by atoms with Crippen LogP contribution in [0.25, 0.3) is 0 Å². The number of hydrogen-bond donors (Lipinski definition) is 2. The van der Waals surface area contributed by atoms with Gasteiger partial charge in [-0.2, -0.15) is 0 Å². The second kappa shape index (κ2) is 16.1. The Morgan fingerprint density at radius 1 is 0.955 bits per heavy atom. The fourth-order valence-corrected chi connectivity index (χ4v) is 6.21. The summed E-state index contributed by atoms with van der Waals surface area (Å²) in [4.78, 5) is 35.3. The smallest absolute Gasteiger partial charge is 0.312 e. The normalized spacial score (nSPS) is 21.8. The summed E-state index contributed by atoms with van der Waals surface area (Å²) in [6.45, 7) is 2.72. The number of benzene rings is 1. The maximum absolute atomic E-state index is 13.5. The fourth-order valence-electron chi connectivity index (χ4n) is 6.21. The molecule has 1 spiro atoms. The Kier molecular flexibility index (Phi) is 12.2. The van der Waals surface area contributed by atoms with Crippen LogP contribution in [0, 0.1) is 5.41 Å². The van der Waals surface area contributed by atoms with Gasteiger partial charge in [0, 0.05) is 32.3 Å². The first-order valence-electron chi connectivity index (χ1n) is 15.5. The Bertz CT molecular complexity index is 1220. The molecule has 0 unspecified atom stereocenters. The fraction of sp³-hybridized carbons (Fsp3) is 0.606. The lowest BCUT2D eigenvalue weighted by atomic mass is 9.74. The summed E-state index contributed by atoms with van der Waals surface area (Å²) in [5.74, 6) is 1.20. The molecule has 0 saturated carbocycles. The number of likely N-dealkylation sites (tertiary alicyclic amines) is 1. The molecule has 44 heavy (non-hydrogen) atoms. The Morgan fingerprint density at radius 2 is 1.73 bits per heavy atom. The Balaban J connectivity index is 1.40. The van der Waals surface area contributed by atoms with Gasteiger partial charge in [-0.05, 0) is 75.4 Å². The van der Waals surface area contributed by atoms with Crippen molar-refractivity contribution in [1.82, 2.24) is 14.8 Å². The highest BCUT2D eigenvalue weighted by Crippen LogP contribution is 2.41. The molecular formula is C33H47N3O8. The molecule has 2 saturated heterocycles. The van der Waals surface area contributed by atoms with E-state index < -0.39 is 17.6 Å². The third-order valence-corrected chi connectivity index (χ3v) is 8.96. The average Bonchev–Trinajstić information content (AvgIpc) is 3.06. The summed E-state index contributed by atoms with van der Waals surface area (Å²) < 4.78 is 22.0. The zero-order chi connectivity index (χ0) is 31.5. The van der Waals surface area contributed by atoms with Crippen LogP contribution in [0.2, 0.25) is 0 Å². The summed E-state index contributed by atoms with van der Waals surface area (Å²) in [5, 5.41) is 21.2. The van der Waals surface area contributed by atoms with Crippen molar-refractivity contribution < 1.29 is 38.7 Å². The molecule has 2 fully saturated rings. The van der Waals surface area contributed by atoms with E-state index in [9.17, 15) is 19.8 Å². The number of aromatic nitrogens is 1. The van der Waals surface area contributed by atoms with Gasteiger partial charge in [-0.3, -0.25) is 19.5 Å². The molecule has 2 N–H and O–H groups in total. The maximum Gasteiger partial charge on any atom is 0.312 e. The molecule has 1 aromatic heterocycles. The lowest BCUT2D eigenvalue weighted by molar-refractivity contribution is -0.165. The molecule has 2 aromatic rings. The van der Waals surface area contributed by atoms with Gasteiger partial charge in [0.15, 0.2) is 11.5 Å². The van der Waals surface area contributed by atoms with Crippen LogP contribution in [-0.4, -0.2) is 103 Å². The number of carbonyl (C=O) groups is 2. The van der Waals surface area contributed by atoms with Crippen molar-refractivity contribution in [1.29, 1.82) is 0 Å². The molecule has 2 aliphatic heterocycles. The lowest BCUT2D eigenvalue weighted by Crippen LogP contribution is -2.46. The van der Waals surface area contributed by atoms with Crippen molar-refractivity contribution in [3.05, 3.63) is 47.8 Å². The molecule has 1 aromatic carbocycles.